The van der Waals surface area contributed by atoms with Crippen molar-refractivity contribution in [1.82, 2.24) is 34.5 Å². The summed E-state index contributed by atoms with van der Waals surface area (Å²) in [6.07, 6.45) is 4.41. The van der Waals surface area contributed by atoms with Gasteiger partial charge in [-0.15, -0.1) is 10.2 Å². The van der Waals surface area contributed by atoms with E-state index in [1.54, 1.807) is 26.2 Å². The summed E-state index contributed by atoms with van der Waals surface area (Å²) in [6.45, 7) is 3.14. The molecule has 0 aliphatic heterocycles. The Morgan fingerprint density at radius 1 is 1.06 bits per heavy atom. The van der Waals surface area contributed by atoms with Gasteiger partial charge in [-0.2, -0.15) is 5.10 Å². The number of benzene rings is 1. The number of hydrogen-bond donors (Lipinski definition) is 1. The number of sulfonamides is 1. The van der Waals surface area contributed by atoms with Crippen LogP contribution in [0.4, 0.5) is 14.7 Å². The van der Waals surface area contributed by atoms with E-state index in [4.69, 9.17) is 4.74 Å². The third kappa shape index (κ3) is 4.69. The van der Waals surface area contributed by atoms with Crippen molar-refractivity contribution in [2.24, 2.45) is 7.05 Å². The SMILES string of the molecule is COc1cnc([C@@H](C)[C@H](C)S(=O)(=O)Nc2nnc(-c3ccn(C)n3)n2-c2c(F)cccc2F)cn1. The highest BCUT2D eigenvalue weighted by Gasteiger charge is 2.32. The molecule has 0 saturated heterocycles. The Labute approximate surface area is 199 Å². The minimum absolute atomic E-state index is 0.0472. The van der Waals surface area contributed by atoms with Crippen LogP contribution in [0.5, 0.6) is 5.88 Å². The van der Waals surface area contributed by atoms with Crippen LogP contribution in [-0.4, -0.2) is 55.3 Å². The first-order valence-electron chi connectivity index (χ1n) is 10.4. The minimum atomic E-state index is -4.14. The Kier molecular flexibility index (Phi) is 6.47. The normalized spacial score (nSPS) is 13.4. The minimum Gasteiger partial charge on any atom is -0.480 e. The molecule has 3 aromatic heterocycles. The van der Waals surface area contributed by atoms with Crippen molar-refractivity contribution < 1.29 is 21.9 Å². The summed E-state index contributed by atoms with van der Waals surface area (Å²) < 4.78 is 65.8. The third-order valence-electron chi connectivity index (χ3n) is 5.52. The van der Waals surface area contributed by atoms with Crippen LogP contribution in [0.25, 0.3) is 17.2 Å². The number of nitrogens with one attached hydrogen (secondary N) is 1. The second-order valence-corrected chi connectivity index (χ2v) is 9.79. The van der Waals surface area contributed by atoms with Gasteiger partial charge in [-0.05, 0) is 25.1 Å². The monoisotopic (exact) mass is 504 g/mol. The highest BCUT2D eigenvalue weighted by molar-refractivity contribution is 7.93. The van der Waals surface area contributed by atoms with Gasteiger partial charge < -0.3 is 4.74 Å². The fourth-order valence-corrected chi connectivity index (χ4v) is 4.61. The summed E-state index contributed by atoms with van der Waals surface area (Å²) in [6, 6.07) is 4.85. The highest BCUT2D eigenvalue weighted by Crippen LogP contribution is 2.30. The molecule has 2 atom stereocenters. The molecule has 0 fully saturated rings. The number of methoxy groups -OCH3 is 1. The second-order valence-electron chi connectivity index (χ2n) is 7.75. The van der Waals surface area contributed by atoms with Crippen LogP contribution >= 0.6 is 0 Å². The van der Waals surface area contributed by atoms with Crippen LogP contribution in [0.15, 0.2) is 42.9 Å². The third-order valence-corrected chi connectivity index (χ3v) is 7.37. The van der Waals surface area contributed by atoms with Gasteiger partial charge in [0, 0.05) is 19.2 Å². The van der Waals surface area contributed by atoms with Gasteiger partial charge in [-0.25, -0.2) is 22.2 Å². The molecule has 0 spiro atoms. The molecule has 0 saturated carbocycles. The predicted octanol–water partition coefficient (Wildman–Crippen LogP) is 2.68. The molecular weight excluding hydrogens is 482 g/mol. The summed E-state index contributed by atoms with van der Waals surface area (Å²) >= 11 is 0. The molecule has 184 valence electrons. The quantitative estimate of drug-likeness (QED) is 0.388. The van der Waals surface area contributed by atoms with Gasteiger partial charge in [0.2, 0.25) is 21.9 Å². The number of anilines is 1. The molecule has 0 bridgehead atoms. The van der Waals surface area contributed by atoms with Crippen molar-refractivity contribution in [3.05, 3.63) is 60.2 Å². The van der Waals surface area contributed by atoms with Crippen LogP contribution in [0.1, 0.15) is 25.5 Å². The van der Waals surface area contributed by atoms with E-state index in [0.29, 0.717) is 5.69 Å². The summed E-state index contributed by atoms with van der Waals surface area (Å²) in [4.78, 5) is 8.26. The lowest BCUT2D eigenvalue weighted by Crippen LogP contribution is -2.31. The van der Waals surface area contributed by atoms with Crippen molar-refractivity contribution in [1.29, 1.82) is 0 Å². The molecule has 14 heteroatoms. The van der Waals surface area contributed by atoms with Crippen LogP contribution in [0, 0.1) is 11.6 Å². The Morgan fingerprint density at radius 2 is 1.77 bits per heavy atom. The van der Waals surface area contributed by atoms with Crippen LogP contribution in [0.3, 0.4) is 0 Å². The molecular formula is C21H22F2N8O3S. The molecule has 35 heavy (non-hydrogen) atoms. The Morgan fingerprint density at radius 3 is 2.34 bits per heavy atom. The maximum Gasteiger partial charge on any atom is 0.243 e. The van der Waals surface area contributed by atoms with Crippen LogP contribution in [0.2, 0.25) is 0 Å². The lowest BCUT2D eigenvalue weighted by molar-refractivity contribution is 0.394. The first kappa shape index (κ1) is 24.2. The number of rotatable bonds is 8. The lowest BCUT2D eigenvalue weighted by Gasteiger charge is -2.21. The van der Waals surface area contributed by atoms with Gasteiger partial charge in [-0.3, -0.25) is 19.0 Å². The molecule has 0 unspecified atom stereocenters. The fourth-order valence-electron chi connectivity index (χ4n) is 3.36. The van der Waals surface area contributed by atoms with Gasteiger partial charge >= 0.3 is 0 Å². The molecule has 3 heterocycles. The zero-order valence-corrected chi connectivity index (χ0v) is 20.0. The summed E-state index contributed by atoms with van der Waals surface area (Å²) in [7, 11) is -1.04. The Hall–Kier alpha value is -3.94. The standard InChI is InChI=1S/C21H22F2N8O3S/c1-12(17-10-25-18(34-4)11-24-17)13(2)35(32,33)29-21-27-26-20(16-8-9-30(3)28-16)31(21)19-14(22)6-5-7-15(19)23/h5-13H,1-4H3,(H,27,29)/t12-,13-/m0/s1. The van der Waals surface area contributed by atoms with E-state index < -0.39 is 44.5 Å². The van der Waals surface area contributed by atoms with Gasteiger partial charge in [0.15, 0.2) is 5.82 Å². The van der Waals surface area contributed by atoms with E-state index in [1.165, 1.54) is 37.2 Å². The molecule has 4 rings (SSSR count). The van der Waals surface area contributed by atoms with E-state index in [1.807, 2.05) is 0 Å². The average Bonchev–Trinajstić information content (AvgIpc) is 3.44. The fraction of sp³-hybridized carbons (Fsp3) is 0.286. The van der Waals surface area contributed by atoms with Gasteiger partial charge in [0.25, 0.3) is 0 Å². The highest BCUT2D eigenvalue weighted by atomic mass is 32.2. The molecule has 0 radical (unpaired) electrons. The number of hydrogen-bond acceptors (Lipinski definition) is 8. The molecule has 0 aliphatic rings. The van der Waals surface area contributed by atoms with Gasteiger partial charge in [0.1, 0.15) is 23.0 Å². The number of nitrogens with zero attached hydrogens (tertiary/aromatic N) is 7. The maximum atomic E-state index is 14.8. The van der Waals surface area contributed by atoms with Crippen molar-refractivity contribution in [3.63, 3.8) is 0 Å². The van der Waals surface area contributed by atoms with Crippen molar-refractivity contribution >= 4 is 16.0 Å². The van der Waals surface area contributed by atoms with Crippen LogP contribution < -0.4 is 9.46 Å². The molecule has 0 aliphatic carbocycles. The van der Waals surface area contributed by atoms with E-state index >= 15 is 0 Å². The largest absolute Gasteiger partial charge is 0.480 e. The number of aromatic nitrogens is 7. The molecule has 1 aromatic carbocycles. The molecule has 0 amide bonds. The van der Waals surface area contributed by atoms with E-state index in [9.17, 15) is 17.2 Å². The lowest BCUT2D eigenvalue weighted by atomic mass is 10.1. The van der Waals surface area contributed by atoms with Crippen molar-refractivity contribution in [2.75, 3.05) is 11.8 Å². The van der Waals surface area contributed by atoms with Crippen molar-refractivity contribution in [3.8, 4) is 23.1 Å². The Bertz CT molecular complexity index is 1430. The first-order chi connectivity index (χ1) is 16.6. The topological polar surface area (TPSA) is 130 Å². The maximum absolute atomic E-state index is 14.8. The first-order valence-corrected chi connectivity index (χ1v) is 11.9. The number of halogens is 2. The van der Waals surface area contributed by atoms with E-state index in [-0.39, 0.29) is 17.4 Å². The number of ether oxygens (including phenoxy) is 1. The average molecular weight is 505 g/mol. The number of aryl methyl sites for hydroxylation is 1. The van der Waals surface area contributed by atoms with E-state index in [2.05, 4.69) is 30.0 Å². The zero-order valence-electron chi connectivity index (χ0n) is 19.2. The molecule has 11 nitrogen and oxygen atoms in total. The summed E-state index contributed by atoms with van der Waals surface area (Å²) in [5.74, 6) is -2.61. The number of para-hydroxylation sites is 1. The molecule has 1 N–H and O–H groups in total. The van der Waals surface area contributed by atoms with Crippen molar-refractivity contribution in [2.45, 2.75) is 25.0 Å². The van der Waals surface area contributed by atoms with E-state index in [0.717, 1.165) is 16.7 Å². The van der Waals surface area contributed by atoms with Gasteiger partial charge in [-0.1, -0.05) is 13.0 Å². The summed E-state index contributed by atoms with van der Waals surface area (Å²) in [5, 5.41) is 11.0. The molecule has 4 aromatic rings. The second kappa shape index (κ2) is 9.37. The smallest absolute Gasteiger partial charge is 0.243 e. The van der Waals surface area contributed by atoms with Gasteiger partial charge in [0.05, 0.1) is 30.4 Å². The summed E-state index contributed by atoms with van der Waals surface area (Å²) in [5.41, 5.74) is 0.111. The predicted molar refractivity (Wildman–Crippen MR) is 122 cm³/mol. The van der Waals surface area contributed by atoms with Crippen LogP contribution in [-0.2, 0) is 17.1 Å². The Balaban J connectivity index is 1.75. The zero-order chi connectivity index (χ0) is 25.3.